The number of thioether (sulfide) groups is 1. The molecule has 1 aliphatic rings. The van der Waals surface area contributed by atoms with E-state index in [4.69, 9.17) is 9.47 Å². The lowest BCUT2D eigenvalue weighted by Gasteiger charge is -2.34. The third kappa shape index (κ3) is 3.19. The SMILES string of the molecule is CSC1(COC(C)=O)CCOCC1. The number of hydrogen-bond donors (Lipinski definition) is 0. The van der Waals surface area contributed by atoms with E-state index in [0.717, 1.165) is 26.1 Å². The maximum atomic E-state index is 10.7. The molecule has 0 aromatic heterocycles. The average Bonchev–Trinajstić information content (AvgIpc) is 2.16. The van der Waals surface area contributed by atoms with Crippen molar-refractivity contribution in [1.29, 1.82) is 0 Å². The molecule has 0 aromatic carbocycles. The quantitative estimate of drug-likeness (QED) is 0.652. The van der Waals surface area contributed by atoms with Gasteiger partial charge in [-0.15, -0.1) is 0 Å². The highest BCUT2D eigenvalue weighted by Crippen LogP contribution is 2.33. The first-order valence-corrected chi connectivity index (χ1v) is 5.67. The Hall–Kier alpha value is -0.220. The molecule has 0 bridgehead atoms. The van der Waals surface area contributed by atoms with Gasteiger partial charge < -0.3 is 9.47 Å². The van der Waals surface area contributed by atoms with Gasteiger partial charge in [-0.3, -0.25) is 4.79 Å². The summed E-state index contributed by atoms with van der Waals surface area (Å²) in [5.41, 5.74) is 0. The summed E-state index contributed by atoms with van der Waals surface area (Å²) in [6.07, 6.45) is 4.01. The lowest BCUT2D eigenvalue weighted by atomic mass is 10.0. The van der Waals surface area contributed by atoms with Gasteiger partial charge in [0, 0.05) is 20.1 Å². The van der Waals surface area contributed by atoms with E-state index in [0.29, 0.717) is 6.61 Å². The summed E-state index contributed by atoms with van der Waals surface area (Å²) < 4.78 is 10.4. The van der Waals surface area contributed by atoms with Gasteiger partial charge in [0.25, 0.3) is 0 Å². The maximum absolute atomic E-state index is 10.7. The smallest absolute Gasteiger partial charge is 0.302 e. The first-order chi connectivity index (χ1) is 6.18. The molecule has 0 saturated carbocycles. The molecule has 0 unspecified atom stereocenters. The predicted molar refractivity (Wildman–Crippen MR) is 52.9 cm³/mol. The summed E-state index contributed by atoms with van der Waals surface area (Å²) in [4.78, 5) is 10.7. The number of esters is 1. The van der Waals surface area contributed by atoms with Crippen molar-refractivity contribution < 1.29 is 14.3 Å². The molecule has 1 rings (SSSR count). The molecule has 0 atom stereocenters. The Balaban J connectivity index is 2.42. The fourth-order valence-electron chi connectivity index (χ4n) is 1.38. The van der Waals surface area contributed by atoms with Crippen molar-refractivity contribution >= 4 is 17.7 Å². The van der Waals surface area contributed by atoms with Gasteiger partial charge >= 0.3 is 5.97 Å². The molecule has 0 aliphatic carbocycles. The number of hydrogen-bond acceptors (Lipinski definition) is 4. The van der Waals surface area contributed by atoms with Gasteiger partial charge in [-0.2, -0.15) is 11.8 Å². The van der Waals surface area contributed by atoms with Crippen molar-refractivity contribution in [1.82, 2.24) is 0 Å². The van der Waals surface area contributed by atoms with Crippen molar-refractivity contribution in [2.45, 2.75) is 24.5 Å². The molecule has 3 nitrogen and oxygen atoms in total. The highest BCUT2D eigenvalue weighted by atomic mass is 32.2. The molecule has 0 spiro atoms. The van der Waals surface area contributed by atoms with Gasteiger partial charge in [0.05, 0.1) is 4.75 Å². The van der Waals surface area contributed by atoms with Gasteiger partial charge in [0.1, 0.15) is 6.61 Å². The second kappa shape index (κ2) is 4.86. The average molecular weight is 204 g/mol. The van der Waals surface area contributed by atoms with Gasteiger partial charge in [0.2, 0.25) is 0 Å². The van der Waals surface area contributed by atoms with Crippen LogP contribution in [-0.2, 0) is 14.3 Å². The standard InChI is InChI=1S/C9H16O3S/c1-8(10)12-7-9(13-2)3-5-11-6-4-9/h3-7H2,1-2H3. The molecule has 0 N–H and O–H groups in total. The molecular weight excluding hydrogens is 188 g/mol. The molecule has 1 saturated heterocycles. The van der Waals surface area contributed by atoms with E-state index < -0.39 is 0 Å². The Kier molecular flexibility index (Phi) is 4.06. The van der Waals surface area contributed by atoms with Crippen LogP contribution in [0.4, 0.5) is 0 Å². The maximum Gasteiger partial charge on any atom is 0.302 e. The summed E-state index contributed by atoms with van der Waals surface area (Å²) in [6, 6.07) is 0. The Bertz CT molecular complexity index is 176. The van der Waals surface area contributed by atoms with E-state index in [1.54, 1.807) is 11.8 Å². The zero-order valence-corrected chi connectivity index (χ0v) is 8.99. The minimum absolute atomic E-state index is 0.101. The van der Waals surface area contributed by atoms with E-state index in [9.17, 15) is 4.79 Å². The van der Waals surface area contributed by atoms with E-state index in [1.807, 2.05) is 0 Å². The largest absolute Gasteiger partial charge is 0.464 e. The van der Waals surface area contributed by atoms with Crippen LogP contribution in [0.25, 0.3) is 0 Å². The monoisotopic (exact) mass is 204 g/mol. The van der Waals surface area contributed by atoms with Crippen LogP contribution in [-0.4, -0.2) is 36.8 Å². The van der Waals surface area contributed by atoms with Gasteiger partial charge in [-0.25, -0.2) is 0 Å². The number of carbonyl (C=O) groups is 1. The molecule has 1 heterocycles. The van der Waals surface area contributed by atoms with Crippen LogP contribution in [0.2, 0.25) is 0 Å². The molecule has 1 fully saturated rings. The summed E-state index contributed by atoms with van der Waals surface area (Å²) in [7, 11) is 0. The normalized spacial score (nSPS) is 21.1. The van der Waals surface area contributed by atoms with Crippen molar-refractivity contribution in [3.8, 4) is 0 Å². The molecule has 4 heteroatoms. The van der Waals surface area contributed by atoms with Crippen molar-refractivity contribution in [2.75, 3.05) is 26.1 Å². The number of carbonyl (C=O) groups excluding carboxylic acids is 1. The summed E-state index contributed by atoms with van der Waals surface area (Å²) >= 11 is 1.78. The predicted octanol–water partition coefficient (Wildman–Crippen LogP) is 1.46. The second-order valence-electron chi connectivity index (χ2n) is 3.28. The lowest BCUT2D eigenvalue weighted by molar-refractivity contribution is -0.142. The highest BCUT2D eigenvalue weighted by Gasteiger charge is 2.32. The van der Waals surface area contributed by atoms with Crippen molar-refractivity contribution in [3.05, 3.63) is 0 Å². The van der Waals surface area contributed by atoms with Gasteiger partial charge in [0.15, 0.2) is 0 Å². The fraction of sp³-hybridized carbons (Fsp3) is 0.889. The van der Waals surface area contributed by atoms with Crippen molar-refractivity contribution in [3.63, 3.8) is 0 Å². The molecule has 76 valence electrons. The lowest BCUT2D eigenvalue weighted by Crippen LogP contribution is -2.37. The van der Waals surface area contributed by atoms with Gasteiger partial charge in [-0.05, 0) is 19.1 Å². The summed E-state index contributed by atoms with van der Waals surface area (Å²) in [6.45, 7) is 3.53. The van der Waals surface area contributed by atoms with Crippen LogP contribution in [0, 0.1) is 0 Å². The third-order valence-electron chi connectivity index (χ3n) is 2.38. The molecular formula is C9H16O3S. The van der Waals surface area contributed by atoms with Crippen LogP contribution in [0.15, 0.2) is 0 Å². The van der Waals surface area contributed by atoms with Crippen LogP contribution < -0.4 is 0 Å². The number of ether oxygens (including phenoxy) is 2. The Labute approximate surface area is 83.2 Å². The van der Waals surface area contributed by atoms with E-state index in [2.05, 4.69) is 6.26 Å². The molecule has 13 heavy (non-hydrogen) atoms. The Morgan fingerprint density at radius 2 is 2.15 bits per heavy atom. The Morgan fingerprint density at radius 1 is 1.54 bits per heavy atom. The van der Waals surface area contributed by atoms with E-state index >= 15 is 0 Å². The van der Waals surface area contributed by atoms with Crippen LogP contribution in [0.3, 0.4) is 0 Å². The highest BCUT2D eigenvalue weighted by molar-refractivity contribution is 8.00. The fourth-order valence-corrected chi connectivity index (χ4v) is 2.14. The van der Waals surface area contributed by atoms with Crippen LogP contribution >= 0.6 is 11.8 Å². The zero-order valence-electron chi connectivity index (χ0n) is 8.17. The minimum Gasteiger partial charge on any atom is -0.464 e. The van der Waals surface area contributed by atoms with E-state index in [1.165, 1.54) is 6.92 Å². The molecule has 0 aromatic rings. The second-order valence-corrected chi connectivity index (χ2v) is 4.55. The first-order valence-electron chi connectivity index (χ1n) is 4.45. The minimum atomic E-state index is -0.195. The molecule has 0 amide bonds. The summed E-state index contributed by atoms with van der Waals surface area (Å²) in [5.74, 6) is -0.195. The first kappa shape index (κ1) is 10.9. The van der Waals surface area contributed by atoms with Crippen LogP contribution in [0.1, 0.15) is 19.8 Å². The van der Waals surface area contributed by atoms with Crippen molar-refractivity contribution in [2.24, 2.45) is 0 Å². The molecule has 1 aliphatic heterocycles. The third-order valence-corrected chi connectivity index (χ3v) is 3.77. The summed E-state index contributed by atoms with van der Waals surface area (Å²) in [5, 5.41) is 0. The van der Waals surface area contributed by atoms with Crippen LogP contribution in [0.5, 0.6) is 0 Å². The number of rotatable bonds is 3. The van der Waals surface area contributed by atoms with Gasteiger partial charge in [-0.1, -0.05) is 0 Å². The zero-order chi connectivity index (χ0) is 9.73. The van der Waals surface area contributed by atoms with E-state index in [-0.39, 0.29) is 10.7 Å². The topological polar surface area (TPSA) is 35.5 Å². The molecule has 0 radical (unpaired) electrons. The Morgan fingerprint density at radius 3 is 2.62 bits per heavy atom.